The van der Waals surface area contributed by atoms with Gasteiger partial charge < -0.3 is 0 Å². The molecule has 0 nitrogen and oxygen atoms in total. The lowest BCUT2D eigenvalue weighted by atomic mass is 9.49. The number of hydrogen-bond acceptors (Lipinski definition) is 0. The van der Waals surface area contributed by atoms with E-state index in [-0.39, 0.29) is 173 Å². The van der Waals surface area contributed by atoms with Crippen LogP contribution in [0.1, 0.15) is 584 Å². The van der Waals surface area contributed by atoms with Crippen molar-refractivity contribution in [1.29, 1.82) is 0 Å². The van der Waals surface area contributed by atoms with Crippen LogP contribution in [-0.2, 0) is 86.6 Å². The Hall–Kier alpha value is -5.72. The first-order valence-corrected chi connectivity index (χ1v) is 59.6. The standard InChI is InChI=1S/C148H220/c1-117(2,3)141(118(4,5)6)77-133(49,50)109-95(141)73-96-110(134(51,52)78-142(96,119(7,8)9)120(10,11)12)105(109)87-65-85-66-88(106-111-97(143(121(13,14)15,122(16,17)18)79-135(111,53)54)74-98-112(106)136(55,56)80-144(98,123(19,20)21)124(22,23)24)71-93-94-72-90(108-115-101(147(129(37,38)39,130(40,41)42)83-139(115,61)62)76-102-116(108)140(63,64)84-148(102,131(43,44)45)132(46,47)48)68-86-67-89(70-92(104(86)94)91(69-87)103(85)93)107-113-99(145(125(25,26)27,126(28,29)30)81-137(113,57)58)75-100-114(107)138(59,60)82-146(100,127(31,32)33)128(34,35)36/h65-76H,77-84H2,1-64H3. The molecule has 148 heavy (non-hydrogen) atoms. The molecule has 9 aromatic carbocycles. The molecule has 8 aliphatic rings. The molecule has 812 valence electrons. The molecule has 0 saturated carbocycles. The topological polar surface area (TPSA) is 0 Å². The zero-order valence-electron chi connectivity index (χ0n) is 109. The second kappa shape index (κ2) is 30.4. The summed E-state index contributed by atoms with van der Waals surface area (Å²) in [4.78, 5) is 0. The van der Waals surface area contributed by atoms with Crippen LogP contribution in [0.5, 0.6) is 0 Å². The highest BCUT2D eigenvalue weighted by atomic mass is 14.8. The third kappa shape index (κ3) is 13.9. The van der Waals surface area contributed by atoms with Gasteiger partial charge in [-0.2, -0.15) is 0 Å². The van der Waals surface area contributed by atoms with E-state index in [9.17, 15) is 0 Å². The zero-order chi connectivity index (χ0) is 113. The van der Waals surface area contributed by atoms with E-state index in [1.54, 1.807) is 111 Å². The molecule has 0 bridgehead atoms. The quantitative estimate of drug-likeness (QED) is 0.122. The molecule has 0 heterocycles. The van der Waals surface area contributed by atoms with Crippen molar-refractivity contribution in [3.8, 4) is 44.5 Å². The predicted octanol–water partition coefficient (Wildman–Crippen LogP) is 44.5. The summed E-state index contributed by atoms with van der Waals surface area (Å²) in [6, 6.07) is 35.3. The van der Waals surface area contributed by atoms with Crippen molar-refractivity contribution in [1.82, 2.24) is 0 Å². The van der Waals surface area contributed by atoms with E-state index >= 15 is 0 Å². The third-order valence-electron chi connectivity index (χ3n) is 46.4. The molecule has 0 amide bonds. The van der Waals surface area contributed by atoms with Crippen LogP contribution in [0.25, 0.3) is 87.6 Å². The molecular formula is C148H220. The van der Waals surface area contributed by atoms with Gasteiger partial charge in [0, 0.05) is 43.3 Å². The van der Waals surface area contributed by atoms with Crippen molar-refractivity contribution in [2.75, 3.05) is 0 Å². The van der Waals surface area contributed by atoms with E-state index in [0.717, 1.165) is 51.4 Å². The van der Waals surface area contributed by atoms with Crippen LogP contribution in [0.2, 0.25) is 0 Å². The number of hydrogen-bond donors (Lipinski definition) is 0. The second-order valence-electron chi connectivity index (χ2n) is 74.4. The molecular weight excluding hydrogens is 1780 g/mol. The largest absolute Gasteiger partial charge is 0.0593 e. The fourth-order valence-electron chi connectivity index (χ4n) is 43.1. The number of rotatable bonds is 4. The maximum absolute atomic E-state index is 2.97. The Labute approximate surface area is 910 Å². The van der Waals surface area contributed by atoms with Crippen LogP contribution in [0.15, 0.2) is 72.8 Å². The van der Waals surface area contributed by atoms with Gasteiger partial charge in [-0.05, 0) is 406 Å². The molecule has 0 spiro atoms. The summed E-state index contributed by atoms with van der Waals surface area (Å²) in [6.45, 7) is 170. The maximum Gasteiger partial charge on any atom is 0.00614 e. The lowest BCUT2D eigenvalue weighted by molar-refractivity contribution is 0.0349. The molecule has 9 aromatic rings. The summed E-state index contributed by atoms with van der Waals surface area (Å²) in [7, 11) is 0. The number of benzene rings is 9. The van der Waals surface area contributed by atoms with E-state index in [2.05, 4.69) is 516 Å². The molecule has 0 unspecified atom stereocenters. The molecule has 0 saturated heterocycles. The van der Waals surface area contributed by atoms with Crippen molar-refractivity contribution in [3.05, 3.63) is 162 Å². The van der Waals surface area contributed by atoms with Gasteiger partial charge in [0.1, 0.15) is 0 Å². The molecule has 0 fully saturated rings. The van der Waals surface area contributed by atoms with Gasteiger partial charge in [0.15, 0.2) is 0 Å². The maximum atomic E-state index is 2.97. The Kier molecular flexibility index (Phi) is 23.3. The van der Waals surface area contributed by atoms with Crippen molar-refractivity contribution in [3.63, 3.8) is 0 Å². The molecule has 0 N–H and O–H groups in total. The van der Waals surface area contributed by atoms with Gasteiger partial charge in [0.05, 0.1) is 0 Å². The summed E-state index contributed by atoms with van der Waals surface area (Å²) in [6.07, 6.45) is 8.51. The van der Waals surface area contributed by atoms with Crippen LogP contribution < -0.4 is 0 Å². The van der Waals surface area contributed by atoms with Crippen molar-refractivity contribution in [2.45, 2.75) is 581 Å². The molecule has 0 radical (unpaired) electrons. The Balaban J connectivity index is 1.25. The summed E-state index contributed by atoms with van der Waals surface area (Å²) in [5.74, 6) is 0. The van der Waals surface area contributed by atoms with Crippen LogP contribution >= 0.6 is 0 Å². The van der Waals surface area contributed by atoms with Gasteiger partial charge in [0.2, 0.25) is 0 Å². The SMILES string of the molecule is CC1(C)CC(C(C)(C)C)(C(C)(C)C)c2cc3c(c(-c4cc5cc(-c6c7c(cc8c6C(C)(C)CC8(C(C)(C)C)C(C)(C)C)C(C(C)(C)C)(C(C)(C)C)CC7(C)C)cc6c7cc(-c8c9c(cc%10c8C(C)(C)CC%10(C(C)(C)C)C(C)(C)C)C(C(C)(C)C)(C(C)(C)C)CC9(C)C)cc8cc(-c9c%10c(cc%11c9C(C)(C)CC%11(C(C)(C)C)C(C)(C)C)C(C(C)(C)C)(C(C)(C)C)CC%10(C)C)cc(c(c4)c56)c87)c21)C(C)(C)CC3(C(C)(C)C)C(C)(C)C. The van der Waals surface area contributed by atoms with E-state index in [0.29, 0.717) is 0 Å². The fourth-order valence-corrected chi connectivity index (χ4v) is 43.1. The number of fused-ring (bicyclic) bond motifs is 10. The third-order valence-corrected chi connectivity index (χ3v) is 46.4. The highest BCUT2D eigenvalue weighted by Crippen LogP contribution is 2.81. The minimum Gasteiger partial charge on any atom is -0.0593 e. The molecule has 8 aliphatic carbocycles. The van der Waals surface area contributed by atoms with Gasteiger partial charge in [-0.1, -0.05) is 467 Å². The van der Waals surface area contributed by atoms with Gasteiger partial charge in [-0.15, -0.1) is 0 Å². The average Bonchev–Trinajstić information content (AvgIpc) is 1.50. The summed E-state index contributed by atoms with van der Waals surface area (Å²) in [5.41, 5.74) is 32.1. The average molecular weight is 2000 g/mol. The van der Waals surface area contributed by atoms with Gasteiger partial charge in [0.25, 0.3) is 0 Å². The van der Waals surface area contributed by atoms with E-state index < -0.39 is 0 Å². The van der Waals surface area contributed by atoms with E-state index in [4.69, 9.17) is 0 Å². The van der Waals surface area contributed by atoms with Crippen LogP contribution in [0, 0.1) is 86.6 Å². The minimum absolute atomic E-state index is 0.115. The smallest absolute Gasteiger partial charge is 0.00614 e. The first-order valence-electron chi connectivity index (χ1n) is 59.6. The summed E-state index contributed by atoms with van der Waals surface area (Å²) in [5, 5.41) is 11.2. The van der Waals surface area contributed by atoms with Crippen LogP contribution in [0.4, 0.5) is 0 Å². The van der Waals surface area contributed by atoms with E-state index in [1.165, 1.54) is 65.3 Å². The molecule has 0 atom stereocenters. The van der Waals surface area contributed by atoms with Crippen molar-refractivity contribution >= 4 is 43.1 Å². The van der Waals surface area contributed by atoms with Gasteiger partial charge in [-0.3, -0.25) is 0 Å². The normalized spacial score (nSPS) is 22.7. The first-order chi connectivity index (χ1) is 65.4. The summed E-state index contributed by atoms with van der Waals surface area (Å²) < 4.78 is 0. The second-order valence-corrected chi connectivity index (χ2v) is 74.4. The first kappa shape index (κ1) is 113. The Morgan fingerprint density at radius 2 is 0.230 bits per heavy atom. The zero-order valence-corrected chi connectivity index (χ0v) is 109. The molecule has 17 rings (SSSR count). The van der Waals surface area contributed by atoms with Gasteiger partial charge in [-0.25, -0.2) is 0 Å². The lowest BCUT2D eigenvalue weighted by Gasteiger charge is -2.55. The van der Waals surface area contributed by atoms with Crippen molar-refractivity contribution in [2.24, 2.45) is 86.6 Å². The Morgan fingerprint density at radius 1 is 0.135 bits per heavy atom. The fraction of sp³-hybridized carbons (Fsp3) is 0.703. The lowest BCUT2D eigenvalue weighted by Crippen LogP contribution is -2.51. The van der Waals surface area contributed by atoms with Crippen molar-refractivity contribution < 1.29 is 0 Å². The highest BCUT2D eigenvalue weighted by molar-refractivity contribution is 6.35. The molecule has 0 heteroatoms. The summed E-state index contributed by atoms with van der Waals surface area (Å²) >= 11 is 0. The highest BCUT2D eigenvalue weighted by Gasteiger charge is 2.73. The van der Waals surface area contributed by atoms with Crippen LogP contribution in [-0.4, -0.2) is 0 Å². The van der Waals surface area contributed by atoms with E-state index in [1.807, 2.05) is 0 Å². The van der Waals surface area contributed by atoms with Crippen LogP contribution in [0.3, 0.4) is 0 Å². The Morgan fingerprint density at radius 3 is 0.318 bits per heavy atom. The Bertz CT molecular complexity index is 5790. The molecule has 0 aromatic heterocycles. The monoisotopic (exact) mass is 2000 g/mol. The molecule has 0 aliphatic heterocycles. The predicted molar refractivity (Wildman–Crippen MR) is 655 cm³/mol. The minimum atomic E-state index is -0.236. The van der Waals surface area contributed by atoms with Gasteiger partial charge >= 0.3 is 0 Å².